The molecule has 0 aromatic heterocycles. The van der Waals surface area contributed by atoms with Gasteiger partial charge in [-0.2, -0.15) is 18.4 Å². The van der Waals surface area contributed by atoms with E-state index in [-0.39, 0.29) is 18.2 Å². The van der Waals surface area contributed by atoms with Gasteiger partial charge in [0.2, 0.25) is 0 Å². The zero-order valence-corrected chi connectivity index (χ0v) is 11.0. The number of ether oxygens (including phenoxy) is 1. The molecule has 3 N–H and O–H groups in total. The quantitative estimate of drug-likeness (QED) is 0.877. The molecule has 1 saturated carbocycles. The molecule has 0 bridgehead atoms. The van der Waals surface area contributed by atoms with Gasteiger partial charge in [0.1, 0.15) is 0 Å². The molecular formula is C14H14F3N3O. The monoisotopic (exact) mass is 297 g/mol. The van der Waals surface area contributed by atoms with E-state index in [1.165, 1.54) is 12.1 Å². The zero-order valence-electron chi connectivity index (χ0n) is 11.0. The van der Waals surface area contributed by atoms with E-state index >= 15 is 0 Å². The number of benzene rings is 1. The van der Waals surface area contributed by atoms with Crippen LogP contribution in [0.1, 0.15) is 17.5 Å². The van der Waals surface area contributed by atoms with Crippen LogP contribution >= 0.6 is 0 Å². The summed E-state index contributed by atoms with van der Waals surface area (Å²) < 4.78 is 43.8. The highest BCUT2D eigenvalue weighted by molar-refractivity contribution is 5.55. The molecule has 1 aromatic carbocycles. The van der Waals surface area contributed by atoms with Crippen molar-refractivity contribution in [1.29, 1.82) is 5.26 Å². The summed E-state index contributed by atoms with van der Waals surface area (Å²) in [5.74, 6) is 0.312. The average Bonchev–Trinajstić information content (AvgIpc) is 2.88. The molecule has 2 aliphatic rings. The fourth-order valence-electron chi connectivity index (χ4n) is 3.09. The number of halogens is 3. The largest absolute Gasteiger partial charge is 0.417 e. The number of nitriles is 1. The van der Waals surface area contributed by atoms with Crippen molar-refractivity contribution >= 4 is 5.69 Å². The standard InChI is InChI=1S/C14H14F3N3O/c15-14(16,17)10-2-1-8(5-7(10)6-18)20-12-11(19)9-3-4-21-13(9)12/h1-2,5,9,11-13,20H,3-4,19H2. The molecule has 21 heavy (non-hydrogen) atoms. The van der Waals surface area contributed by atoms with Gasteiger partial charge in [-0.05, 0) is 24.6 Å². The number of nitrogens with zero attached hydrogens (tertiary/aromatic N) is 1. The van der Waals surface area contributed by atoms with Crippen molar-refractivity contribution < 1.29 is 17.9 Å². The number of anilines is 1. The summed E-state index contributed by atoms with van der Waals surface area (Å²) in [5.41, 5.74) is 5.16. The maximum atomic E-state index is 12.7. The van der Waals surface area contributed by atoms with E-state index in [1.54, 1.807) is 6.07 Å². The Bertz CT molecular complexity index is 596. The van der Waals surface area contributed by atoms with Crippen molar-refractivity contribution in [2.75, 3.05) is 11.9 Å². The molecule has 4 nitrogen and oxygen atoms in total. The molecule has 4 atom stereocenters. The van der Waals surface area contributed by atoms with Crippen LogP contribution in [0.15, 0.2) is 18.2 Å². The molecule has 1 saturated heterocycles. The smallest absolute Gasteiger partial charge is 0.378 e. The maximum Gasteiger partial charge on any atom is 0.417 e. The van der Waals surface area contributed by atoms with Gasteiger partial charge in [0.05, 0.1) is 29.3 Å². The Morgan fingerprint density at radius 3 is 2.81 bits per heavy atom. The molecule has 0 spiro atoms. The third-order valence-electron chi connectivity index (χ3n) is 4.23. The van der Waals surface area contributed by atoms with Gasteiger partial charge < -0.3 is 15.8 Å². The predicted molar refractivity (Wildman–Crippen MR) is 69.4 cm³/mol. The van der Waals surface area contributed by atoms with E-state index in [4.69, 9.17) is 15.7 Å². The van der Waals surface area contributed by atoms with Crippen LogP contribution in [-0.4, -0.2) is 24.8 Å². The molecular weight excluding hydrogens is 283 g/mol. The first-order valence-electron chi connectivity index (χ1n) is 6.67. The number of nitrogens with one attached hydrogen (secondary N) is 1. The van der Waals surface area contributed by atoms with Gasteiger partial charge in [-0.3, -0.25) is 0 Å². The molecule has 1 heterocycles. The van der Waals surface area contributed by atoms with Crippen molar-refractivity contribution in [3.63, 3.8) is 0 Å². The first-order valence-corrected chi connectivity index (χ1v) is 6.67. The summed E-state index contributed by atoms with van der Waals surface area (Å²) in [7, 11) is 0. The van der Waals surface area contributed by atoms with Crippen molar-refractivity contribution in [1.82, 2.24) is 0 Å². The minimum absolute atomic E-state index is 0.00725. The van der Waals surface area contributed by atoms with Crippen LogP contribution < -0.4 is 11.1 Å². The van der Waals surface area contributed by atoms with Crippen LogP contribution in [0.5, 0.6) is 0 Å². The summed E-state index contributed by atoms with van der Waals surface area (Å²) in [4.78, 5) is 0. The first kappa shape index (κ1) is 14.2. The first-order chi connectivity index (χ1) is 9.91. The van der Waals surface area contributed by atoms with E-state index in [2.05, 4.69) is 5.32 Å². The molecule has 7 heteroatoms. The zero-order chi connectivity index (χ0) is 15.2. The van der Waals surface area contributed by atoms with Crippen molar-refractivity contribution in [3.8, 4) is 6.07 Å². The number of fused-ring (bicyclic) bond motifs is 1. The maximum absolute atomic E-state index is 12.7. The van der Waals surface area contributed by atoms with Crippen LogP contribution in [0, 0.1) is 17.2 Å². The average molecular weight is 297 g/mol. The lowest BCUT2D eigenvalue weighted by atomic mass is 9.72. The normalized spacial score (nSPS) is 31.2. The Labute approximate surface area is 119 Å². The molecule has 112 valence electrons. The molecule has 4 unspecified atom stereocenters. The topological polar surface area (TPSA) is 71.1 Å². The van der Waals surface area contributed by atoms with Crippen molar-refractivity contribution in [2.24, 2.45) is 11.7 Å². The molecule has 2 fully saturated rings. The highest BCUT2D eigenvalue weighted by Gasteiger charge is 2.52. The minimum Gasteiger partial charge on any atom is -0.378 e. The number of rotatable bonds is 2. The van der Waals surface area contributed by atoms with Crippen LogP contribution in [0.3, 0.4) is 0 Å². The second kappa shape index (κ2) is 4.90. The number of nitrogens with two attached hydrogens (primary N) is 1. The SMILES string of the molecule is N#Cc1cc(NC2C(N)C3CCOC32)ccc1C(F)(F)F. The summed E-state index contributed by atoms with van der Waals surface area (Å²) >= 11 is 0. The van der Waals surface area contributed by atoms with Crippen LogP contribution in [0.4, 0.5) is 18.9 Å². The van der Waals surface area contributed by atoms with Crippen LogP contribution in [-0.2, 0) is 10.9 Å². The van der Waals surface area contributed by atoms with E-state index in [1.807, 2.05) is 0 Å². The number of hydrogen-bond donors (Lipinski definition) is 2. The fraction of sp³-hybridized carbons (Fsp3) is 0.500. The lowest BCUT2D eigenvalue weighted by molar-refractivity contribution is -0.137. The Morgan fingerprint density at radius 1 is 1.38 bits per heavy atom. The molecule has 1 aliphatic heterocycles. The van der Waals surface area contributed by atoms with Crippen molar-refractivity contribution in [3.05, 3.63) is 29.3 Å². The molecule has 0 radical (unpaired) electrons. The van der Waals surface area contributed by atoms with Gasteiger partial charge >= 0.3 is 6.18 Å². The Kier molecular flexibility index (Phi) is 3.30. The third-order valence-corrected chi connectivity index (χ3v) is 4.23. The number of alkyl halides is 3. The lowest BCUT2D eigenvalue weighted by Crippen LogP contribution is -2.65. The van der Waals surface area contributed by atoms with Gasteiger partial charge in [-0.25, -0.2) is 0 Å². The minimum atomic E-state index is -4.53. The van der Waals surface area contributed by atoms with E-state index in [0.29, 0.717) is 18.2 Å². The van der Waals surface area contributed by atoms with Gasteiger partial charge in [0.15, 0.2) is 0 Å². The van der Waals surface area contributed by atoms with Crippen LogP contribution in [0.2, 0.25) is 0 Å². The molecule has 0 amide bonds. The fourth-order valence-corrected chi connectivity index (χ4v) is 3.09. The molecule has 1 aromatic rings. The van der Waals surface area contributed by atoms with Crippen LogP contribution in [0.25, 0.3) is 0 Å². The highest BCUT2D eigenvalue weighted by atomic mass is 19.4. The van der Waals surface area contributed by atoms with E-state index in [9.17, 15) is 13.2 Å². The highest BCUT2D eigenvalue weighted by Crippen LogP contribution is 2.40. The predicted octanol–water partition coefficient (Wildman–Crippen LogP) is 2.10. The van der Waals surface area contributed by atoms with E-state index < -0.39 is 17.3 Å². The third kappa shape index (κ3) is 2.34. The molecule has 3 rings (SSSR count). The summed E-state index contributed by atoms with van der Waals surface area (Å²) in [5, 5.41) is 12.0. The Hall–Kier alpha value is -1.78. The van der Waals surface area contributed by atoms with Gasteiger partial charge in [0, 0.05) is 24.3 Å². The lowest BCUT2D eigenvalue weighted by Gasteiger charge is -2.46. The Balaban J connectivity index is 1.80. The van der Waals surface area contributed by atoms with Crippen molar-refractivity contribution in [2.45, 2.75) is 30.8 Å². The summed E-state index contributed by atoms with van der Waals surface area (Å²) in [6.45, 7) is 0.664. The van der Waals surface area contributed by atoms with Gasteiger partial charge in [0.25, 0.3) is 0 Å². The number of hydrogen-bond acceptors (Lipinski definition) is 4. The molecule has 1 aliphatic carbocycles. The second-order valence-corrected chi connectivity index (χ2v) is 5.41. The summed E-state index contributed by atoms with van der Waals surface area (Å²) in [6.07, 6.45) is -3.61. The Morgan fingerprint density at radius 2 is 2.14 bits per heavy atom. The van der Waals surface area contributed by atoms with Gasteiger partial charge in [-0.15, -0.1) is 0 Å². The second-order valence-electron chi connectivity index (χ2n) is 5.41. The van der Waals surface area contributed by atoms with Gasteiger partial charge in [-0.1, -0.05) is 0 Å². The van der Waals surface area contributed by atoms with E-state index in [0.717, 1.165) is 12.5 Å². The summed E-state index contributed by atoms with van der Waals surface area (Å²) in [6, 6.07) is 4.82.